The van der Waals surface area contributed by atoms with E-state index in [0.717, 1.165) is 0 Å². The summed E-state index contributed by atoms with van der Waals surface area (Å²) in [5.41, 5.74) is 0. The largest absolute Gasteiger partial charge is 0.410 e. The van der Waals surface area contributed by atoms with Gasteiger partial charge in [0, 0.05) is 6.10 Å². The predicted octanol–water partition coefficient (Wildman–Crippen LogP) is 3.88. The molecule has 1 nitrogen and oxygen atoms in total. The van der Waals surface area contributed by atoms with E-state index in [1.54, 1.807) is 15.6 Å². The fraction of sp³-hybridized carbons (Fsp3) is 0.429. The quantitative estimate of drug-likeness (QED) is 0.760. The molecule has 1 aliphatic heterocycles. The molecule has 0 fully saturated rings. The van der Waals surface area contributed by atoms with Crippen molar-refractivity contribution in [2.45, 2.75) is 58.0 Å². The Hall–Kier alpha value is -1.17. The first-order valence-electron chi connectivity index (χ1n) is 9.29. The van der Waals surface area contributed by atoms with Crippen LogP contribution in [-0.2, 0) is 4.43 Å². The van der Waals surface area contributed by atoms with E-state index in [1.165, 1.54) is 24.9 Å². The van der Waals surface area contributed by atoms with Gasteiger partial charge in [-0.2, -0.15) is 0 Å². The highest BCUT2D eigenvalue weighted by atomic mass is 28.4. The molecule has 2 aromatic rings. The van der Waals surface area contributed by atoms with Gasteiger partial charge in [-0.15, -0.1) is 0 Å². The summed E-state index contributed by atoms with van der Waals surface area (Å²) in [6.45, 7) is 9.38. The molecule has 0 aromatic heterocycles. The van der Waals surface area contributed by atoms with Gasteiger partial charge in [-0.3, -0.25) is 0 Å². The van der Waals surface area contributed by atoms with Gasteiger partial charge in [-0.25, -0.2) is 0 Å². The van der Waals surface area contributed by atoms with Crippen LogP contribution in [0.25, 0.3) is 0 Å². The second-order valence-electron chi connectivity index (χ2n) is 7.85. The summed E-state index contributed by atoms with van der Waals surface area (Å²) in [5.74, 6) is 0. The maximum absolute atomic E-state index is 6.63. The summed E-state index contributed by atoms with van der Waals surface area (Å²) in [6, 6.07) is 23.1. The number of fused-ring (bicyclic) bond motifs is 1. The Labute approximate surface area is 149 Å². The number of benzene rings is 2. The maximum atomic E-state index is 6.63. The lowest BCUT2D eigenvalue weighted by Gasteiger charge is -2.39. The van der Waals surface area contributed by atoms with Gasteiger partial charge in [0.15, 0.2) is 0 Å². The number of hydrogen-bond donors (Lipinski definition) is 0. The summed E-state index contributed by atoms with van der Waals surface area (Å²) in [7, 11) is -3.59. The van der Waals surface area contributed by atoms with Gasteiger partial charge in [0.2, 0.25) is 8.32 Å². The summed E-state index contributed by atoms with van der Waals surface area (Å²) in [4.78, 5) is 0. The highest BCUT2D eigenvalue weighted by molar-refractivity contribution is 7.05. The molecule has 0 unspecified atom stereocenters. The Kier molecular flexibility index (Phi) is 5.14. The fourth-order valence-corrected chi connectivity index (χ4v) is 13.5. The zero-order valence-corrected chi connectivity index (χ0v) is 17.5. The second-order valence-corrected chi connectivity index (χ2v) is 15.9. The molecule has 0 spiro atoms. The van der Waals surface area contributed by atoms with Crippen LogP contribution in [0.1, 0.15) is 26.7 Å². The average molecular weight is 355 g/mol. The van der Waals surface area contributed by atoms with Crippen molar-refractivity contribution in [3.05, 3.63) is 54.6 Å². The topological polar surface area (TPSA) is 9.23 Å². The lowest BCUT2D eigenvalue weighted by molar-refractivity contribution is 0.234. The van der Waals surface area contributed by atoms with E-state index in [1.807, 2.05) is 0 Å². The SMILES string of the molecule is CC(C)O[Si@]1(C)CCCC[Si@@](C)(c2ccccc2)c2ccccc21. The van der Waals surface area contributed by atoms with Crippen LogP contribution >= 0.6 is 0 Å². The van der Waals surface area contributed by atoms with Crippen LogP contribution in [0.2, 0.25) is 25.2 Å². The molecule has 3 heteroatoms. The summed E-state index contributed by atoms with van der Waals surface area (Å²) < 4.78 is 6.63. The molecule has 0 bridgehead atoms. The lowest BCUT2D eigenvalue weighted by atomic mass is 10.3. The van der Waals surface area contributed by atoms with Crippen molar-refractivity contribution in [1.29, 1.82) is 0 Å². The molecule has 2 atom stereocenters. The van der Waals surface area contributed by atoms with Crippen LogP contribution in [0.5, 0.6) is 0 Å². The Morgan fingerprint density at radius 1 is 0.792 bits per heavy atom. The van der Waals surface area contributed by atoms with Crippen molar-refractivity contribution in [2.75, 3.05) is 0 Å². The van der Waals surface area contributed by atoms with Gasteiger partial charge in [-0.1, -0.05) is 84.4 Å². The molecule has 1 aliphatic rings. The van der Waals surface area contributed by atoms with E-state index in [2.05, 4.69) is 81.5 Å². The molecule has 0 radical (unpaired) electrons. The monoisotopic (exact) mass is 354 g/mol. The Morgan fingerprint density at radius 2 is 1.38 bits per heavy atom. The van der Waals surface area contributed by atoms with Crippen molar-refractivity contribution >= 4 is 32.0 Å². The molecule has 1 heterocycles. The van der Waals surface area contributed by atoms with Crippen LogP contribution in [0, 0.1) is 0 Å². The van der Waals surface area contributed by atoms with Crippen LogP contribution in [0.4, 0.5) is 0 Å². The molecule has 24 heavy (non-hydrogen) atoms. The van der Waals surface area contributed by atoms with E-state index in [-0.39, 0.29) is 0 Å². The molecule has 0 N–H and O–H groups in total. The zero-order chi connectivity index (χ0) is 17.2. The first-order valence-corrected chi connectivity index (χ1v) is 14.6. The molecule has 128 valence electrons. The van der Waals surface area contributed by atoms with Gasteiger partial charge in [-0.05, 0) is 37.7 Å². The standard InChI is InChI=1S/C21H30OSi2/c1-18(2)22-24(4)17-11-10-16-23(3,19-12-6-5-7-13-19)20-14-8-9-15-21(20)24/h5-9,12-15,18H,10-11,16-17H2,1-4H3/t23-,24+/m0/s1. The highest BCUT2D eigenvalue weighted by Crippen LogP contribution is 2.25. The maximum Gasteiger partial charge on any atom is 0.221 e. The van der Waals surface area contributed by atoms with E-state index in [4.69, 9.17) is 4.43 Å². The molecule has 0 aliphatic carbocycles. The van der Waals surface area contributed by atoms with E-state index in [9.17, 15) is 0 Å². The summed E-state index contributed by atoms with van der Waals surface area (Å²) in [6.07, 6.45) is 2.94. The van der Waals surface area contributed by atoms with E-state index in [0.29, 0.717) is 6.10 Å². The van der Waals surface area contributed by atoms with Crippen molar-refractivity contribution in [3.63, 3.8) is 0 Å². The molecule has 0 saturated carbocycles. The van der Waals surface area contributed by atoms with Gasteiger partial charge in [0.1, 0.15) is 8.07 Å². The Bertz CT molecular complexity index is 685. The zero-order valence-electron chi connectivity index (χ0n) is 15.5. The molecular weight excluding hydrogens is 324 g/mol. The molecule has 0 amide bonds. The highest BCUT2D eigenvalue weighted by Gasteiger charge is 2.42. The molecule has 0 saturated heterocycles. The van der Waals surface area contributed by atoms with Crippen molar-refractivity contribution in [3.8, 4) is 0 Å². The third kappa shape index (κ3) is 3.30. The van der Waals surface area contributed by atoms with Gasteiger partial charge < -0.3 is 4.43 Å². The third-order valence-electron chi connectivity index (χ3n) is 5.58. The van der Waals surface area contributed by atoms with Crippen LogP contribution in [0.15, 0.2) is 54.6 Å². The van der Waals surface area contributed by atoms with Gasteiger partial charge in [0.25, 0.3) is 0 Å². The molecule has 3 rings (SSSR count). The minimum absolute atomic E-state index is 0.304. The fourth-order valence-electron chi connectivity index (χ4n) is 4.38. The van der Waals surface area contributed by atoms with E-state index < -0.39 is 16.4 Å². The van der Waals surface area contributed by atoms with Gasteiger partial charge in [0.05, 0.1) is 0 Å². The van der Waals surface area contributed by atoms with Gasteiger partial charge >= 0.3 is 0 Å². The molecule has 2 aromatic carbocycles. The van der Waals surface area contributed by atoms with Crippen LogP contribution < -0.4 is 15.6 Å². The predicted molar refractivity (Wildman–Crippen MR) is 110 cm³/mol. The van der Waals surface area contributed by atoms with Crippen molar-refractivity contribution in [2.24, 2.45) is 0 Å². The Morgan fingerprint density at radius 3 is 2.04 bits per heavy atom. The smallest absolute Gasteiger partial charge is 0.221 e. The Balaban J connectivity index is 2.18. The lowest BCUT2D eigenvalue weighted by Crippen LogP contribution is -2.67. The minimum atomic E-state index is -1.89. The van der Waals surface area contributed by atoms with Crippen LogP contribution in [0.3, 0.4) is 0 Å². The third-order valence-corrected chi connectivity index (χ3v) is 14.3. The second kappa shape index (κ2) is 6.99. The minimum Gasteiger partial charge on any atom is -0.410 e. The van der Waals surface area contributed by atoms with Crippen LogP contribution in [-0.4, -0.2) is 22.5 Å². The summed E-state index contributed by atoms with van der Waals surface area (Å²) >= 11 is 0. The van der Waals surface area contributed by atoms with Crippen molar-refractivity contribution < 1.29 is 4.43 Å². The number of hydrogen-bond acceptors (Lipinski definition) is 1. The number of rotatable bonds is 3. The normalized spacial score (nSPS) is 27.4. The molecular formula is C21H30OSi2. The first-order chi connectivity index (χ1) is 11.5. The average Bonchev–Trinajstić information content (AvgIpc) is 2.58. The summed E-state index contributed by atoms with van der Waals surface area (Å²) in [5, 5.41) is 4.77. The van der Waals surface area contributed by atoms with E-state index >= 15 is 0 Å². The first kappa shape index (κ1) is 17.7. The van der Waals surface area contributed by atoms with Crippen molar-refractivity contribution in [1.82, 2.24) is 0 Å².